The topological polar surface area (TPSA) is 3.24 Å². The maximum Gasteiger partial charge on any atom is 0.0510 e. The fourth-order valence-corrected chi connectivity index (χ4v) is 2.29. The molecule has 1 aromatic rings. The average molecular weight is 284 g/mol. The summed E-state index contributed by atoms with van der Waals surface area (Å²) in [5.74, 6) is 0. The van der Waals surface area contributed by atoms with E-state index in [4.69, 9.17) is 0 Å². The lowest BCUT2D eigenvalue weighted by atomic mass is 10.2. The Balaban J connectivity index is 2.70. The molecule has 1 aromatic carbocycles. The van der Waals surface area contributed by atoms with Gasteiger partial charge in [0.1, 0.15) is 0 Å². The van der Waals surface area contributed by atoms with Gasteiger partial charge in [0.25, 0.3) is 0 Å². The molecule has 0 fully saturated rings. The van der Waals surface area contributed by atoms with Crippen LogP contribution < -0.4 is 4.90 Å². The highest BCUT2D eigenvalue weighted by Crippen LogP contribution is 2.26. The highest BCUT2D eigenvalue weighted by Gasteiger charge is 2.08. The van der Waals surface area contributed by atoms with E-state index in [1.54, 1.807) is 0 Å². The zero-order valence-electron chi connectivity index (χ0n) is 10.4. The Kier molecular flexibility index (Phi) is 6.55. The number of hydrogen-bond donors (Lipinski definition) is 0. The number of rotatable bonds is 7. The molecule has 16 heavy (non-hydrogen) atoms. The zero-order valence-corrected chi connectivity index (χ0v) is 12.0. The van der Waals surface area contributed by atoms with Gasteiger partial charge < -0.3 is 4.90 Å². The maximum atomic E-state index is 3.64. The second kappa shape index (κ2) is 7.72. The molecular formula is C14H22BrN. The van der Waals surface area contributed by atoms with Crippen LogP contribution >= 0.6 is 15.9 Å². The van der Waals surface area contributed by atoms with E-state index in [-0.39, 0.29) is 0 Å². The van der Waals surface area contributed by atoms with Crippen molar-refractivity contribution in [2.45, 2.75) is 39.5 Å². The van der Waals surface area contributed by atoms with E-state index in [0.29, 0.717) is 0 Å². The summed E-state index contributed by atoms with van der Waals surface area (Å²) in [6.45, 7) is 6.83. The van der Waals surface area contributed by atoms with Crippen LogP contribution in [0.5, 0.6) is 0 Å². The average Bonchev–Trinajstić information content (AvgIpc) is 2.31. The summed E-state index contributed by atoms with van der Waals surface area (Å²) in [5, 5.41) is 0. The summed E-state index contributed by atoms with van der Waals surface area (Å²) in [5.41, 5.74) is 1.34. The minimum Gasteiger partial charge on any atom is -0.371 e. The van der Waals surface area contributed by atoms with Gasteiger partial charge in [-0.3, -0.25) is 0 Å². The van der Waals surface area contributed by atoms with Gasteiger partial charge in [-0.2, -0.15) is 0 Å². The zero-order chi connectivity index (χ0) is 11.8. The molecule has 2 heteroatoms. The first-order chi connectivity index (χ1) is 7.79. The molecule has 0 unspecified atom stereocenters. The van der Waals surface area contributed by atoms with Crippen LogP contribution in [0, 0.1) is 0 Å². The van der Waals surface area contributed by atoms with Crippen molar-refractivity contribution < 1.29 is 0 Å². The van der Waals surface area contributed by atoms with Crippen molar-refractivity contribution in [2.24, 2.45) is 0 Å². The number of nitrogens with zero attached hydrogens (tertiary/aromatic N) is 1. The second-order valence-electron chi connectivity index (χ2n) is 4.15. The molecule has 0 heterocycles. The van der Waals surface area contributed by atoms with E-state index in [0.717, 1.165) is 0 Å². The predicted octanol–water partition coefficient (Wildman–Crippen LogP) is 4.86. The molecule has 0 atom stereocenters. The van der Waals surface area contributed by atoms with Crippen LogP contribution in [0.15, 0.2) is 28.7 Å². The molecule has 0 bridgehead atoms. The largest absolute Gasteiger partial charge is 0.371 e. The van der Waals surface area contributed by atoms with Gasteiger partial charge in [-0.25, -0.2) is 0 Å². The number of halogens is 1. The number of anilines is 1. The van der Waals surface area contributed by atoms with E-state index < -0.39 is 0 Å². The van der Waals surface area contributed by atoms with E-state index in [1.165, 1.54) is 48.9 Å². The van der Waals surface area contributed by atoms with Crippen LogP contribution in [0.1, 0.15) is 39.5 Å². The standard InChI is InChI=1S/C14H22BrN/c1-3-5-11-16(12-6-4-2)14-10-8-7-9-13(14)15/h7-10H,3-6,11-12H2,1-2H3. The summed E-state index contributed by atoms with van der Waals surface area (Å²) >= 11 is 3.64. The Labute approximate surface area is 108 Å². The van der Waals surface area contributed by atoms with E-state index in [9.17, 15) is 0 Å². The smallest absolute Gasteiger partial charge is 0.0510 e. The molecule has 0 aromatic heterocycles. The molecule has 0 aliphatic carbocycles. The predicted molar refractivity (Wildman–Crippen MR) is 76.2 cm³/mol. The van der Waals surface area contributed by atoms with Gasteiger partial charge in [0.05, 0.1) is 5.69 Å². The van der Waals surface area contributed by atoms with Crippen LogP contribution in [-0.4, -0.2) is 13.1 Å². The van der Waals surface area contributed by atoms with Crippen molar-refractivity contribution in [2.75, 3.05) is 18.0 Å². The molecule has 0 N–H and O–H groups in total. The lowest BCUT2D eigenvalue weighted by Gasteiger charge is -2.25. The van der Waals surface area contributed by atoms with E-state index in [2.05, 4.69) is 58.9 Å². The first-order valence-corrected chi connectivity index (χ1v) is 7.08. The van der Waals surface area contributed by atoms with Crippen LogP contribution in [-0.2, 0) is 0 Å². The Morgan fingerprint density at radius 2 is 1.56 bits per heavy atom. The Hall–Kier alpha value is -0.500. The van der Waals surface area contributed by atoms with Gasteiger partial charge in [-0.15, -0.1) is 0 Å². The van der Waals surface area contributed by atoms with Crippen molar-refractivity contribution in [1.82, 2.24) is 0 Å². The van der Waals surface area contributed by atoms with Crippen molar-refractivity contribution in [3.63, 3.8) is 0 Å². The maximum absolute atomic E-state index is 3.64. The Bertz CT molecular complexity index is 291. The number of para-hydroxylation sites is 1. The van der Waals surface area contributed by atoms with Crippen molar-refractivity contribution in [1.29, 1.82) is 0 Å². The summed E-state index contributed by atoms with van der Waals surface area (Å²) in [6.07, 6.45) is 5.05. The molecule has 90 valence electrons. The molecule has 0 spiro atoms. The van der Waals surface area contributed by atoms with E-state index >= 15 is 0 Å². The summed E-state index contributed by atoms with van der Waals surface area (Å²) < 4.78 is 1.21. The van der Waals surface area contributed by atoms with Gasteiger partial charge in [-0.05, 0) is 40.9 Å². The molecule has 1 nitrogen and oxygen atoms in total. The number of hydrogen-bond acceptors (Lipinski definition) is 1. The fraction of sp³-hybridized carbons (Fsp3) is 0.571. The number of unbranched alkanes of at least 4 members (excludes halogenated alkanes) is 2. The highest BCUT2D eigenvalue weighted by molar-refractivity contribution is 9.10. The normalized spacial score (nSPS) is 10.4. The van der Waals surface area contributed by atoms with Crippen LogP contribution in [0.4, 0.5) is 5.69 Å². The summed E-state index contributed by atoms with van der Waals surface area (Å²) in [6, 6.07) is 8.52. The minimum absolute atomic E-state index is 1.17. The van der Waals surface area contributed by atoms with Crippen molar-refractivity contribution in [3.8, 4) is 0 Å². The molecule has 0 aliphatic heterocycles. The molecule has 1 rings (SSSR count). The third-order valence-electron chi connectivity index (χ3n) is 2.76. The molecule has 0 aliphatic rings. The SMILES string of the molecule is CCCCN(CCCC)c1ccccc1Br. The van der Waals surface area contributed by atoms with Crippen molar-refractivity contribution >= 4 is 21.6 Å². The fourth-order valence-electron chi connectivity index (χ4n) is 1.76. The second-order valence-corrected chi connectivity index (χ2v) is 5.00. The van der Waals surface area contributed by atoms with Crippen LogP contribution in [0.2, 0.25) is 0 Å². The Morgan fingerprint density at radius 3 is 2.06 bits per heavy atom. The monoisotopic (exact) mass is 283 g/mol. The molecule has 0 radical (unpaired) electrons. The van der Waals surface area contributed by atoms with Crippen molar-refractivity contribution in [3.05, 3.63) is 28.7 Å². The Morgan fingerprint density at radius 1 is 1.00 bits per heavy atom. The first kappa shape index (κ1) is 13.6. The quantitative estimate of drug-likeness (QED) is 0.691. The van der Waals surface area contributed by atoms with E-state index in [1.807, 2.05) is 0 Å². The van der Waals surface area contributed by atoms with Gasteiger partial charge in [0, 0.05) is 17.6 Å². The molecule has 0 amide bonds. The lowest BCUT2D eigenvalue weighted by Crippen LogP contribution is -2.25. The summed E-state index contributed by atoms with van der Waals surface area (Å²) in [7, 11) is 0. The molecular weight excluding hydrogens is 262 g/mol. The molecule has 0 saturated heterocycles. The van der Waals surface area contributed by atoms with Crippen LogP contribution in [0.3, 0.4) is 0 Å². The van der Waals surface area contributed by atoms with Gasteiger partial charge in [0.2, 0.25) is 0 Å². The minimum atomic E-state index is 1.17. The first-order valence-electron chi connectivity index (χ1n) is 6.29. The third-order valence-corrected chi connectivity index (χ3v) is 3.43. The lowest BCUT2D eigenvalue weighted by molar-refractivity contribution is 0.677. The highest BCUT2D eigenvalue weighted by atomic mass is 79.9. The van der Waals surface area contributed by atoms with Gasteiger partial charge in [-0.1, -0.05) is 38.8 Å². The summed E-state index contributed by atoms with van der Waals surface area (Å²) in [4.78, 5) is 2.50. The number of benzene rings is 1. The van der Waals surface area contributed by atoms with Gasteiger partial charge >= 0.3 is 0 Å². The third kappa shape index (κ3) is 4.17. The van der Waals surface area contributed by atoms with Crippen LogP contribution in [0.25, 0.3) is 0 Å². The van der Waals surface area contributed by atoms with Gasteiger partial charge in [0.15, 0.2) is 0 Å². The molecule has 0 saturated carbocycles.